The Balaban J connectivity index is 2.06. The first-order chi connectivity index (χ1) is 14.5. The van der Waals surface area contributed by atoms with Crippen molar-refractivity contribution in [1.82, 2.24) is 4.90 Å². The van der Waals surface area contributed by atoms with Gasteiger partial charge in [0.25, 0.3) is 0 Å². The second kappa shape index (κ2) is 9.27. The summed E-state index contributed by atoms with van der Waals surface area (Å²) < 4.78 is 10.6. The van der Waals surface area contributed by atoms with Gasteiger partial charge in [0, 0.05) is 18.0 Å². The predicted molar refractivity (Wildman–Crippen MR) is 111 cm³/mol. The van der Waals surface area contributed by atoms with Crippen molar-refractivity contribution in [2.75, 3.05) is 13.7 Å². The number of carbonyl (C=O) groups is 2. The number of nitriles is 1. The van der Waals surface area contributed by atoms with Gasteiger partial charge in [-0.25, -0.2) is 4.79 Å². The van der Waals surface area contributed by atoms with E-state index in [2.05, 4.69) is 6.07 Å². The third-order valence-corrected chi connectivity index (χ3v) is 5.28. The van der Waals surface area contributed by atoms with Crippen molar-refractivity contribution in [2.45, 2.75) is 32.7 Å². The summed E-state index contributed by atoms with van der Waals surface area (Å²) in [5.41, 5.74) is 3.06. The number of benzene rings is 2. The second-order valence-corrected chi connectivity index (χ2v) is 7.00. The van der Waals surface area contributed by atoms with Crippen LogP contribution in [0.2, 0.25) is 0 Å². The van der Waals surface area contributed by atoms with E-state index in [-0.39, 0.29) is 25.5 Å². The van der Waals surface area contributed by atoms with Crippen molar-refractivity contribution in [3.8, 4) is 11.8 Å². The van der Waals surface area contributed by atoms with Gasteiger partial charge >= 0.3 is 5.97 Å². The van der Waals surface area contributed by atoms with E-state index in [9.17, 15) is 14.9 Å². The van der Waals surface area contributed by atoms with E-state index in [0.29, 0.717) is 22.6 Å². The maximum atomic E-state index is 13.1. The highest BCUT2D eigenvalue weighted by Crippen LogP contribution is 2.38. The number of nitrogens with zero attached hydrogens (tertiary/aromatic N) is 2. The molecule has 2 aromatic rings. The standard InChI is InChI=1S/C24H24N2O4/c1-4-30-24(28)23-16(2)26(15-19-9-6-5-8-18(19)14-25)22(27)13-21(23)17-10-7-11-20(12-17)29-3/h5-12,21H,4,13,15H2,1-3H3. The fourth-order valence-corrected chi connectivity index (χ4v) is 3.76. The number of hydrogen-bond acceptors (Lipinski definition) is 5. The topological polar surface area (TPSA) is 79.6 Å². The van der Waals surface area contributed by atoms with Gasteiger partial charge in [0.1, 0.15) is 5.75 Å². The van der Waals surface area contributed by atoms with Crippen LogP contribution in [0.15, 0.2) is 59.8 Å². The van der Waals surface area contributed by atoms with Crippen molar-refractivity contribution in [2.24, 2.45) is 0 Å². The van der Waals surface area contributed by atoms with Crippen LogP contribution in [-0.2, 0) is 20.9 Å². The zero-order chi connectivity index (χ0) is 21.7. The molecule has 3 rings (SSSR count). The highest BCUT2D eigenvalue weighted by molar-refractivity contribution is 5.95. The summed E-state index contributed by atoms with van der Waals surface area (Å²) in [6.07, 6.45) is 0.132. The molecular formula is C24H24N2O4. The Bertz CT molecular complexity index is 1040. The maximum Gasteiger partial charge on any atom is 0.336 e. The monoisotopic (exact) mass is 404 g/mol. The van der Waals surface area contributed by atoms with Crippen molar-refractivity contribution in [3.05, 3.63) is 76.5 Å². The highest BCUT2D eigenvalue weighted by atomic mass is 16.5. The molecule has 1 heterocycles. The Morgan fingerprint density at radius 3 is 2.70 bits per heavy atom. The summed E-state index contributed by atoms with van der Waals surface area (Å²) in [6, 6.07) is 16.7. The van der Waals surface area contributed by atoms with Gasteiger partial charge in [0.15, 0.2) is 0 Å². The van der Waals surface area contributed by atoms with Crippen LogP contribution in [0, 0.1) is 11.3 Å². The zero-order valence-corrected chi connectivity index (χ0v) is 17.3. The number of methoxy groups -OCH3 is 1. The lowest BCUT2D eigenvalue weighted by Gasteiger charge is -2.34. The number of esters is 1. The van der Waals surface area contributed by atoms with E-state index in [4.69, 9.17) is 9.47 Å². The number of hydrogen-bond donors (Lipinski definition) is 0. The van der Waals surface area contributed by atoms with E-state index in [1.54, 1.807) is 38.0 Å². The van der Waals surface area contributed by atoms with Gasteiger partial charge in [0.05, 0.1) is 37.5 Å². The molecule has 6 nitrogen and oxygen atoms in total. The average Bonchev–Trinajstić information content (AvgIpc) is 2.76. The van der Waals surface area contributed by atoms with Gasteiger partial charge < -0.3 is 14.4 Å². The molecule has 0 fully saturated rings. The summed E-state index contributed by atoms with van der Waals surface area (Å²) in [5.74, 6) is -0.310. The van der Waals surface area contributed by atoms with Crippen LogP contribution in [0.5, 0.6) is 5.75 Å². The van der Waals surface area contributed by atoms with E-state index in [0.717, 1.165) is 11.1 Å². The minimum Gasteiger partial charge on any atom is -0.497 e. The van der Waals surface area contributed by atoms with Crippen molar-refractivity contribution >= 4 is 11.9 Å². The third kappa shape index (κ3) is 4.20. The minimum absolute atomic E-state index is 0.110. The Morgan fingerprint density at radius 1 is 1.23 bits per heavy atom. The number of amides is 1. The molecule has 0 aromatic heterocycles. The zero-order valence-electron chi connectivity index (χ0n) is 17.3. The lowest BCUT2D eigenvalue weighted by molar-refractivity contribution is -0.140. The summed E-state index contributed by atoms with van der Waals surface area (Å²) in [7, 11) is 1.58. The van der Waals surface area contributed by atoms with Crippen molar-refractivity contribution < 1.29 is 19.1 Å². The van der Waals surface area contributed by atoms with Crippen LogP contribution in [-0.4, -0.2) is 30.5 Å². The SMILES string of the molecule is CCOC(=O)C1=C(C)N(Cc2ccccc2C#N)C(=O)CC1c1cccc(OC)c1. The highest BCUT2D eigenvalue weighted by Gasteiger charge is 2.37. The van der Waals surface area contributed by atoms with Gasteiger partial charge in [-0.05, 0) is 43.2 Å². The molecule has 154 valence electrons. The largest absolute Gasteiger partial charge is 0.497 e. The molecule has 0 radical (unpaired) electrons. The third-order valence-electron chi connectivity index (χ3n) is 5.28. The fraction of sp³-hybridized carbons (Fsp3) is 0.292. The Labute approximate surface area is 176 Å². The Kier molecular flexibility index (Phi) is 6.53. The minimum atomic E-state index is -0.436. The first-order valence-corrected chi connectivity index (χ1v) is 9.80. The van der Waals surface area contributed by atoms with E-state index < -0.39 is 11.9 Å². The summed E-state index contributed by atoms with van der Waals surface area (Å²) in [5, 5.41) is 9.38. The van der Waals surface area contributed by atoms with Crippen LogP contribution in [0.4, 0.5) is 0 Å². The molecule has 0 N–H and O–H groups in total. The van der Waals surface area contributed by atoms with Crippen LogP contribution >= 0.6 is 0 Å². The summed E-state index contributed by atoms with van der Waals surface area (Å²) >= 11 is 0. The van der Waals surface area contributed by atoms with Crippen LogP contribution in [0.3, 0.4) is 0 Å². The van der Waals surface area contributed by atoms with Crippen LogP contribution in [0.25, 0.3) is 0 Å². The van der Waals surface area contributed by atoms with Gasteiger partial charge in [-0.1, -0.05) is 30.3 Å². The quantitative estimate of drug-likeness (QED) is 0.682. The van der Waals surface area contributed by atoms with E-state index in [1.165, 1.54) is 0 Å². The molecule has 1 aliphatic heterocycles. The normalized spacial score (nSPS) is 16.3. The molecule has 0 saturated heterocycles. The first-order valence-electron chi connectivity index (χ1n) is 9.80. The van der Waals surface area contributed by atoms with Crippen molar-refractivity contribution in [3.63, 3.8) is 0 Å². The van der Waals surface area contributed by atoms with E-state index >= 15 is 0 Å². The molecule has 1 unspecified atom stereocenters. The molecule has 0 spiro atoms. The van der Waals surface area contributed by atoms with Gasteiger partial charge in [-0.15, -0.1) is 0 Å². The lowest BCUT2D eigenvalue weighted by Crippen LogP contribution is -2.38. The number of ether oxygens (including phenoxy) is 2. The number of carbonyl (C=O) groups excluding carboxylic acids is 2. The molecule has 6 heteroatoms. The first kappa shape index (κ1) is 21.1. The Hall–Kier alpha value is -3.59. The lowest BCUT2D eigenvalue weighted by atomic mass is 9.83. The molecule has 0 aliphatic carbocycles. The molecule has 30 heavy (non-hydrogen) atoms. The van der Waals surface area contributed by atoms with Gasteiger partial charge in [-0.3, -0.25) is 4.79 Å². The molecule has 0 saturated carbocycles. The van der Waals surface area contributed by atoms with Crippen LogP contribution < -0.4 is 4.74 Å². The summed E-state index contributed by atoms with van der Waals surface area (Å²) in [6.45, 7) is 3.97. The van der Waals surface area contributed by atoms with Gasteiger partial charge in [-0.2, -0.15) is 5.26 Å². The average molecular weight is 404 g/mol. The molecule has 1 aliphatic rings. The fourth-order valence-electron chi connectivity index (χ4n) is 3.76. The second-order valence-electron chi connectivity index (χ2n) is 7.00. The maximum absolute atomic E-state index is 13.1. The van der Waals surface area contributed by atoms with Crippen LogP contribution in [0.1, 0.15) is 42.9 Å². The van der Waals surface area contributed by atoms with Crippen molar-refractivity contribution in [1.29, 1.82) is 5.26 Å². The molecule has 1 atom stereocenters. The smallest absolute Gasteiger partial charge is 0.336 e. The van der Waals surface area contributed by atoms with Gasteiger partial charge in [0.2, 0.25) is 5.91 Å². The number of allylic oxidation sites excluding steroid dienone is 1. The number of rotatable bonds is 6. The molecule has 0 bridgehead atoms. The predicted octanol–water partition coefficient (Wildman–Crippen LogP) is 3.92. The van der Waals surface area contributed by atoms with E-state index in [1.807, 2.05) is 36.4 Å². The summed E-state index contributed by atoms with van der Waals surface area (Å²) in [4.78, 5) is 27.5. The molecule has 1 amide bonds. The molecular weight excluding hydrogens is 380 g/mol. The molecule has 2 aromatic carbocycles. The Morgan fingerprint density at radius 2 is 2.00 bits per heavy atom.